The molecule has 7 nitrogen and oxygen atoms in total. The fourth-order valence-corrected chi connectivity index (χ4v) is 2.30. The number of ether oxygens (including phenoxy) is 2. The maximum absolute atomic E-state index is 12.1. The number of nitrogens with zero attached hydrogens (tertiary/aromatic N) is 2. The Hall–Kier alpha value is -3.06. The average molecular weight is 360 g/mol. The van der Waals surface area contributed by atoms with Gasteiger partial charge in [-0.05, 0) is 30.3 Å². The molecule has 8 heteroatoms. The second kappa shape index (κ2) is 7.23. The van der Waals surface area contributed by atoms with Crippen LogP contribution in [0.1, 0.15) is 16.2 Å². The molecule has 0 amide bonds. The van der Waals surface area contributed by atoms with E-state index in [-0.39, 0.29) is 23.7 Å². The molecule has 0 saturated heterocycles. The normalized spacial score (nSPS) is 10.5. The molecule has 0 atom stereocenters. The smallest absolute Gasteiger partial charge is 0.340 e. The lowest BCUT2D eigenvalue weighted by atomic mass is 10.2. The number of carbonyl (C=O) groups excluding carboxylic acids is 1. The molecule has 3 rings (SSSR count). The molecule has 1 heterocycles. The van der Waals surface area contributed by atoms with E-state index >= 15 is 0 Å². The average Bonchev–Trinajstić information content (AvgIpc) is 3.09. The summed E-state index contributed by atoms with van der Waals surface area (Å²) < 4.78 is 15.4. The number of benzene rings is 2. The van der Waals surface area contributed by atoms with Gasteiger partial charge in [0, 0.05) is 16.3 Å². The van der Waals surface area contributed by atoms with Gasteiger partial charge >= 0.3 is 5.97 Å². The van der Waals surface area contributed by atoms with Crippen molar-refractivity contribution in [1.82, 2.24) is 10.1 Å². The van der Waals surface area contributed by atoms with Gasteiger partial charge in [-0.2, -0.15) is 4.98 Å². The molecular weight excluding hydrogens is 346 g/mol. The molecule has 2 N–H and O–H groups in total. The van der Waals surface area contributed by atoms with Crippen molar-refractivity contribution in [3.05, 3.63) is 58.9 Å². The SMILES string of the molecule is COc1cccc(-c2noc(COC(=O)c3ccc(Cl)cc3N)n2)c1. The van der Waals surface area contributed by atoms with E-state index in [0.717, 1.165) is 5.56 Å². The van der Waals surface area contributed by atoms with Crippen LogP contribution < -0.4 is 10.5 Å². The van der Waals surface area contributed by atoms with Crippen LogP contribution in [0, 0.1) is 0 Å². The van der Waals surface area contributed by atoms with Gasteiger partial charge in [0.25, 0.3) is 5.89 Å². The van der Waals surface area contributed by atoms with Gasteiger partial charge in [0.05, 0.1) is 12.7 Å². The number of nitrogens with two attached hydrogens (primary N) is 1. The second-order valence-electron chi connectivity index (χ2n) is 5.05. The summed E-state index contributed by atoms with van der Waals surface area (Å²) in [6.07, 6.45) is 0. The summed E-state index contributed by atoms with van der Waals surface area (Å²) >= 11 is 5.80. The maximum atomic E-state index is 12.1. The number of halogens is 1. The molecule has 0 saturated carbocycles. The number of hydrogen-bond acceptors (Lipinski definition) is 7. The van der Waals surface area contributed by atoms with Crippen LogP contribution in [0.25, 0.3) is 11.4 Å². The quantitative estimate of drug-likeness (QED) is 0.550. The van der Waals surface area contributed by atoms with Crippen LogP contribution in [0.15, 0.2) is 47.0 Å². The van der Waals surface area contributed by atoms with E-state index in [1.54, 1.807) is 19.2 Å². The van der Waals surface area contributed by atoms with Gasteiger partial charge in [-0.25, -0.2) is 4.79 Å². The highest BCUT2D eigenvalue weighted by atomic mass is 35.5. The Balaban J connectivity index is 1.68. The van der Waals surface area contributed by atoms with Crippen LogP contribution in [-0.4, -0.2) is 23.2 Å². The predicted molar refractivity (Wildman–Crippen MR) is 91.3 cm³/mol. The number of hydrogen-bond donors (Lipinski definition) is 1. The molecule has 0 bridgehead atoms. The van der Waals surface area contributed by atoms with Gasteiger partial charge in [-0.1, -0.05) is 28.9 Å². The molecule has 128 valence electrons. The fourth-order valence-electron chi connectivity index (χ4n) is 2.12. The van der Waals surface area contributed by atoms with Gasteiger partial charge in [-0.3, -0.25) is 0 Å². The van der Waals surface area contributed by atoms with E-state index in [1.165, 1.54) is 12.1 Å². The number of esters is 1. The lowest BCUT2D eigenvalue weighted by Crippen LogP contribution is -2.08. The minimum atomic E-state index is -0.602. The molecule has 2 aromatic carbocycles. The van der Waals surface area contributed by atoms with Gasteiger partial charge in [0.15, 0.2) is 6.61 Å². The van der Waals surface area contributed by atoms with Gasteiger partial charge in [0.1, 0.15) is 5.75 Å². The van der Waals surface area contributed by atoms with E-state index in [9.17, 15) is 4.79 Å². The van der Waals surface area contributed by atoms with Crippen molar-refractivity contribution in [2.24, 2.45) is 0 Å². The number of nitrogen functional groups attached to an aromatic ring is 1. The number of aromatic nitrogens is 2. The molecule has 0 aliphatic heterocycles. The molecule has 0 unspecified atom stereocenters. The first-order valence-corrected chi connectivity index (χ1v) is 7.64. The Bertz CT molecular complexity index is 910. The van der Waals surface area contributed by atoms with E-state index in [4.69, 9.17) is 31.3 Å². The Kier molecular flexibility index (Phi) is 4.85. The lowest BCUT2D eigenvalue weighted by molar-refractivity contribution is 0.0431. The van der Waals surface area contributed by atoms with Crippen molar-refractivity contribution >= 4 is 23.3 Å². The lowest BCUT2D eigenvalue weighted by Gasteiger charge is -2.05. The summed E-state index contributed by atoms with van der Waals surface area (Å²) in [5.74, 6) is 0.610. The molecule has 0 radical (unpaired) electrons. The Morgan fingerprint density at radius 1 is 1.28 bits per heavy atom. The topological polar surface area (TPSA) is 100 Å². The standard InChI is InChI=1S/C17H14ClN3O4/c1-23-12-4-2-3-10(7-12)16-20-15(25-21-16)9-24-17(22)13-6-5-11(18)8-14(13)19/h2-8H,9,19H2,1H3. The summed E-state index contributed by atoms with van der Waals surface area (Å²) in [6, 6.07) is 11.7. The van der Waals surface area contributed by atoms with E-state index in [0.29, 0.717) is 16.6 Å². The third kappa shape index (κ3) is 3.89. The summed E-state index contributed by atoms with van der Waals surface area (Å²) in [6.45, 7) is -0.169. The number of methoxy groups -OCH3 is 1. The number of carbonyl (C=O) groups is 1. The first-order chi connectivity index (χ1) is 12.1. The highest BCUT2D eigenvalue weighted by Crippen LogP contribution is 2.22. The molecule has 25 heavy (non-hydrogen) atoms. The van der Waals surface area contributed by atoms with Crippen molar-refractivity contribution in [1.29, 1.82) is 0 Å². The third-order valence-electron chi connectivity index (χ3n) is 3.36. The molecule has 3 aromatic rings. The van der Waals surface area contributed by atoms with Crippen LogP contribution >= 0.6 is 11.6 Å². The van der Waals surface area contributed by atoms with Crippen molar-refractivity contribution < 1.29 is 18.8 Å². The van der Waals surface area contributed by atoms with Crippen LogP contribution in [-0.2, 0) is 11.3 Å². The summed E-state index contributed by atoms with van der Waals surface area (Å²) in [5.41, 5.74) is 6.93. The van der Waals surface area contributed by atoms with Gasteiger partial charge in [-0.15, -0.1) is 0 Å². The minimum Gasteiger partial charge on any atom is -0.497 e. The van der Waals surface area contributed by atoms with Crippen LogP contribution in [0.5, 0.6) is 5.75 Å². The van der Waals surface area contributed by atoms with Crippen LogP contribution in [0.2, 0.25) is 5.02 Å². The molecule has 0 aliphatic rings. The van der Waals surface area contributed by atoms with E-state index < -0.39 is 5.97 Å². The van der Waals surface area contributed by atoms with Crippen LogP contribution in [0.4, 0.5) is 5.69 Å². The molecule has 0 fully saturated rings. The van der Waals surface area contributed by atoms with Crippen molar-refractivity contribution in [3.8, 4) is 17.1 Å². The van der Waals surface area contributed by atoms with Gasteiger partial charge in [0.2, 0.25) is 5.82 Å². The Labute approximate surface area is 148 Å². The summed E-state index contributed by atoms with van der Waals surface area (Å²) in [7, 11) is 1.57. The zero-order valence-electron chi connectivity index (χ0n) is 13.2. The van der Waals surface area contributed by atoms with Crippen molar-refractivity contribution in [2.75, 3.05) is 12.8 Å². The zero-order chi connectivity index (χ0) is 17.8. The van der Waals surface area contributed by atoms with Crippen molar-refractivity contribution in [3.63, 3.8) is 0 Å². The molecule has 0 aliphatic carbocycles. The second-order valence-corrected chi connectivity index (χ2v) is 5.49. The minimum absolute atomic E-state index is 0.165. The number of rotatable bonds is 5. The largest absolute Gasteiger partial charge is 0.497 e. The van der Waals surface area contributed by atoms with Crippen LogP contribution in [0.3, 0.4) is 0 Å². The summed E-state index contributed by atoms with van der Waals surface area (Å²) in [4.78, 5) is 16.3. The summed E-state index contributed by atoms with van der Waals surface area (Å²) in [5, 5.41) is 4.31. The Morgan fingerprint density at radius 2 is 2.12 bits per heavy atom. The molecular formula is C17H14ClN3O4. The highest BCUT2D eigenvalue weighted by molar-refractivity contribution is 6.31. The predicted octanol–water partition coefficient (Wildman–Crippen LogP) is 3.34. The fraction of sp³-hybridized carbons (Fsp3) is 0.118. The first kappa shape index (κ1) is 16.8. The van der Waals surface area contributed by atoms with E-state index in [2.05, 4.69) is 10.1 Å². The third-order valence-corrected chi connectivity index (χ3v) is 3.59. The Morgan fingerprint density at radius 3 is 2.88 bits per heavy atom. The van der Waals surface area contributed by atoms with E-state index in [1.807, 2.05) is 18.2 Å². The molecule has 0 spiro atoms. The molecule has 1 aromatic heterocycles. The van der Waals surface area contributed by atoms with Crippen molar-refractivity contribution in [2.45, 2.75) is 6.61 Å². The maximum Gasteiger partial charge on any atom is 0.340 e. The van der Waals surface area contributed by atoms with Gasteiger partial charge < -0.3 is 19.7 Å². The zero-order valence-corrected chi connectivity index (χ0v) is 14.0. The monoisotopic (exact) mass is 359 g/mol. The first-order valence-electron chi connectivity index (χ1n) is 7.26. The number of anilines is 1. The highest BCUT2D eigenvalue weighted by Gasteiger charge is 2.15.